The van der Waals surface area contributed by atoms with Crippen molar-refractivity contribution in [2.75, 3.05) is 33.3 Å². The lowest BCUT2D eigenvalue weighted by atomic mass is 10.1. The van der Waals surface area contributed by atoms with Crippen molar-refractivity contribution in [3.05, 3.63) is 54.4 Å². The van der Waals surface area contributed by atoms with Crippen molar-refractivity contribution in [1.82, 2.24) is 20.3 Å². The molecule has 0 saturated heterocycles. The topological polar surface area (TPSA) is 105 Å². The van der Waals surface area contributed by atoms with Crippen LogP contribution in [0.25, 0.3) is 0 Å². The lowest BCUT2D eigenvalue weighted by Gasteiger charge is -2.13. The van der Waals surface area contributed by atoms with Crippen LogP contribution in [0.3, 0.4) is 0 Å². The molecule has 9 heteroatoms. The zero-order chi connectivity index (χ0) is 20.2. The van der Waals surface area contributed by atoms with Gasteiger partial charge in [-0.25, -0.2) is 13.1 Å². The van der Waals surface area contributed by atoms with Gasteiger partial charge in [-0.05, 0) is 37.1 Å². The standard InChI is InChI=1S/C19H27N5O3S/c1-3-21-19(22-12-10-16-7-4-5-9-18(16)27-2)23-13-14-24-28(25,26)17-8-6-11-20-15-17/h4-9,11,15,24H,3,10,12-14H2,1-2H3,(H2,21,22,23). The predicted octanol–water partition coefficient (Wildman–Crippen LogP) is 1.17. The fourth-order valence-electron chi connectivity index (χ4n) is 2.50. The maximum absolute atomic E-state index is 12.1. The molecule has 0 aliphatic rings. The highest BCUT2D eigenvalue weighted by atomic mass is 32.2. The van der Waals surface area contributed by atoms with E-state index in [0.717, 1.165) is 17.7 Å². The summed E-state index contributed by atoms with van der Waals surface area (Å²) >= 11 is 0. The number of nitrogens with zero attached hydrogens (tertiary/aromatic N) is 2. The van der Waals surface area contributed by atoms with Gasteiger partial charge in [0.2, 0.25) is 10.0 Å². The molecule has 8 nitrogen and oxygen atoms in total. The summed E-state index contributed by atoms with van der Waals surface area (Å²) in [6.07, 6.45) is 3.62. The number of aromatic nitrogens is 1. The van der Waals surface area contributed by atoms with E-state index in [4.69, 9.17) is 4.74 Å². The number of benzene rings is 1. The Bertz CT molecular complexity index is 857. The molecule has 2 aromatic rings. The summed E-state index contributed by atoms with van der Waals surface area (Å²) in [6.45, 7) is 3.86. The number of hydrogen-bond donors (Lipinski definition) is 3. The summed E-state index contributed by atoms with van der Waals surface area (Å²) in [5, 5.41) is 6.39. The minimum Gasteiger partial charge on any atom is -0.496 e. The highest BCUT2D eigenvalue weighted by Crippen LogP contribution is 2.17. The SMILES string of the molecule is CCNC(=NCCNS(=O)(=O)c1cccnc1)NCCc1ccccc1OC. The van der Waals surface area contributed by atoms with Crippen LogP contribution in [0.15, 0.2) is 58.7 Å². The minimum atomic E-state index is -3.57. The summed E-state index contributed by atoms with van der Waals surface area (Å²) < 4.78 is 32.2. The molecule has 1 aromatic heterocycles. The molecule has 152 valence electrons. The molecular formula is C19H27N5O3S. The monoisotopic (exact) mass is 405 g/mol. The number of para-hydroxylation sites is 1. The number of sulfonamides is 1. The van der Waals surface area contributed by atoms with Gasteiger partial charge in [0.15, 0.2) is 5.96 Å². The Morgan fingerprint density at radius 1 is 1.14 bits per heavy atom. The lowest BCUT2D eigenvalue weighted by molar-refractivity contribution is 0.409. The molecule has 2 rings (SSSR count). The van der Waals surface area contributed by atoms with Gasteiger partial charge in [-0.3, -0.25) is 9.98 Å². The molecule has 0 aliphatic carbocycles. The number of ether oxygens (including phenoxy) is 1. The van der Waals surface area contributed by atoms with E-state index in [2.05, 4.69) is 25.3 Å². The van der Waals surface area contributed by atoms with Crippen molar-refractivity contribution in [1.29, 1.82) is 0 Å². The molecule has 0 fully saturated rings. The molecule has 0 atom stereocenters. The second-order valence-electron chi connectivity index (χ2n) is 5.84. The van der Waals surface area contributed by atoms with Gasteiger partial charge < -0.3 is 15.4 Å². The smallest absolute Gasteiger partial charge is 0.242 e. The second kappa shape index (κ2) is 11.3. The van der Waals surface area contributed by atoms with Crippen molar-refractivity contribution >= 4 is 16.0 Å². The van der Waals surface area contributed by atoms with Crippen LogP contribution in [-0.2, 0) is 16.4 Å². The third-order valence-corrected chi connectivity index (χ3v) is 5.29. The number of guanidine groups is 1. The number of rotatable bonds is 10. The Morgan fingerprint density at radius 3 is 2.68 bits per heavy atom. The van der Waals surface area contributed by atoms with Crippen LogP contribution in [0.2, 0.25) is 0 Å². The average molecular weight is 406 g/mol. The zero-order valence-corrected chi connectivity index (χ0v) is 17.0. The maximum Gasteiger partial charge on any atom is 0.242 e. The third kappa shape index (κ3) is 6.82. The Morgan fingerprint density at radius 2 is 1.96 bits per heavy atom. The largest absolute Gasteiger partial charge is 0.496 e. The van der Waals surface area contributed by atoms with Crippen molar-refractivity contribution in [3.8, 4) is 5.75 Å². The number of pyridine rings is 1. The number of nitrogens with one attached hydrogen (secondary N) is 3. The van der Waals surface area contributed by atoms with Crippen molar-refractivity contribution < 1.29 is 13.2 Å². The van der Waals surface area contributed by atoms with E-state index in [1.54, 1.807) is 13.2 Å². The van der Waals surface area contributed by atoms with Gasteiger partial charge >= 0.3 is 0 Å². The first-order chi connectivity index (χ1) is 13.6. The quantitative estimate of drug-likeness (QED) is 0.311. The normalized spacial score (nSPS) is 11.9. The molecule has 1 aromatic carbocycles. The van der Waals surface area contributed by atoms with E-state index in [1.165, 1.54) is 18.5 Å². The second-order valence-corrected chi connectivity index (χ2v) is 7.60. The van der Waals surface area contributed by atoms with E-state index in [-0.39, 0.29) is 11.4 Å². The Labute approximate surface area is 166 Å². The lowest BCUT2D eigenvalue weighted by Crippen LogP contribution is -2.39. The predicted molar refractivity (Wildman–Crippen MR) is 110 cm³/mol. The molecule has 0 unspecified atom stereocenters. The minimum absolute atomic E-state index is 0.140. The first-order valence-corrected chi connectivity index (χ1v) is 10.6. The summed E-state index contributed by atoms with van der Waals surface area (Å²) in [6, 6.07) is 11.0. The maximum atomic E-state index is 12.1. The highest BCUT2D eigenvalue weighted by molar-refractivity contribution is 7.89. The number of hydrogen-bond acceptors (Lipinski definition) is 5. The van der Waals surface area contributed by atoms with Crippen LogP contribution >= 0.6 is 0 Å². The Kier molecular flexibility index (Phi) is 8.70. The fraction of sp³-hybridized carbons (Fsp3) is 0.368. The molecule has 0 bridgehead atoms. The third-order valence-electron chi connectivity index (χ3n) is 3.84. The molecule has 0 amide bonds. The zero-order valence-electron chi connectivity index (χ0n) is 16.2. The van der Waals surface area contributed by atoms with E-state index in [9.17, 15) is 8.42 Å². The molecule has 1 heterocycles. The summed E-state index contributed by atoms with van der Waals surface area (Å²) in [4.78, 5) is 8.37. The van der Waals surface area contributed by atoms with Crippen molar-refractivity contribution in [2.24, 2.45) is 4.99 Å². The van der Waals surface area contributed by atoms with Gasteiger partial charge in [-0.2, -0.15) is 0 Å². The molecule has 0 aliphatic heterocycles. The summed E-state index contributed by atoms with van der Waals surface area (Å²) in [7, 11) is -1.91. The van der Waals surface area contributed by atoms with Crippen LogP contribution in [-0.4, -0.2) is 52.7 Å². The van der Waals surface area contributed by atoms with E-state index in [0.29, 0.717) is 25.6 Å². The Balaban J connectivity index is 1.83. The number of methoxy groups -OCH3 is 1. The fourth-order valence-corrected chi connectivity index (χ4v) is 3.49. The van der Waals surface area contributed by atoms with Crippen LogP contribution in [0.5, 0.6) is 5.75 Å². The molecule has 0 saturated carbocycles. The molecular weight excluding hydrogens is 378 g/mol. The van der Waals surface area contributed by atoms with E-state index in [1.807, 2.05) is 31.2 Å². The average Bonchev–Trinajstić information content (AvgIpc) is 2.72. The molecule has 0 radical (unpaired) electrons. The van der Waals surface area contributed by atoms with E-state index < -0.39 is 10.0 Å². The van der Waals surface area contributed by atoms with E-state index >= 15 is 0 Å². The van der Waals surface area contributed by atoms with Crippen LogP contribution in [0.4, 0.5) is 0 Å². The summed E-state index contributed by atoms with van der Waals surface area (Å²) in [5.41, 5.74) is 1.11. The van der Waals surface area contributed by atoms with Gasteiger partial charge in [0.1, 0.15) is 10.6 Å². The van der Waals surface area contributed by atoms with Gasteiger partial charge in [0.25, 0.3) is 0 Å². The van der Waals surface area contributed by atoms with Crippen LogP contribution < -0.4 is 20.1 Å². The summed E-state index contributed by atoms with van der Waals surface area (Å²) in [5.74, 6) is 1.49. The van der Waals surface area contributed by atoms with Crippen LogP contribution in [0, 0.1) is 0 Å². The number of aliphatic imine (C=N–C) groups is 1. The van der Waals surface area contributed by atoms with Crippen molar-refractivity contribution in [3.63, 3.8) is 0 Å². The van der Waals surface area contributed by atoms with Gasteiger partial charge in [-0.1, -0.05) is 18.2 Å². The van der Waals surface area contributed by atoms with Gasteiger partial charge in [-0.15, -0.1) is 0 Å². The first kappa shape index (κ1) is 21.6. The molecule has 3 N–H and O–H groups in total. The van der Waals surface area contributed by atoms with Crippen LogP contribution in [0.1, 0.15) is 12.5 Å². The van der Waals surface area contributed by atoms with Crippen molar-refractivity contribution in [2.45, 2.75) is 18.2 Å². The Hall–Kier alpha value is -2.65. The molecule has 0 spiro atoms. The molecule has 28 heavy (non-hydrogen) atoms. The first-order valence-electron chi connectivity index (χ1n) is 9.10. The highest BCUT2D eigenvalue weighted by Gasteiger charge is 2.12. The van der Waals surface area contributed by atoms with Gasteiger partial charge in [0.05, 0.1) is 13.7 Å². The van der Waals surface area contributed by atoms with Gasteiger partial charge in [0, 0.05) is 32.0 Å².